The van der Waals surface area contributed by atoms with Crippen LogP contribution in [0.5, 0.6) is 0 Å². The van der Waals surface area contributed by atoms with Gasteiger partial charge in [-0.05, 0) is 43.4 Å². The number of benzene rings is 1. The number of rotatable bonds is 8. The number of carbonyl (C=O) groups is 1. The predicted molar refractivity (Wildman–Crippen MR) is 113 cm³/mol. The van der Waals surface area contributed by atoms with Crippen molar-refractivity contribution in [3.8, 4) is 11.3 Å². The van der Waals surface area contributed by atoms with Gasteiger partial charge in [-0.15, -0.1) is 0 Å². The molecule has 0 atom stereocenters. The molecule has 1 aromatic carbocycles. The number of hydrogen-bond acceptors (Lipinski definition) is 6. The first kappa shape index (κ1) is 22.4. The zero-order valence-electron chi connectivity index (χ0n) is 17.1. The van der Waals surface area contributed by atoms with Gasteiger partial charge in [0.25, 0.3) is 5.91 Å². The van der Waals surface area contributed by atoms with Crippen LogP contribution in [0.2, 0.25) is 0 Å². The number of hydroxylamine groups is 1. The number of pyridine rings is 1. The van der Waals surface area contributed by atoms with Crippen molar-refractivity contribution in [2.24, 2.45) is 0 Å². The lowest BCUT2D eigenvalue weighted by Crippen LogP contribution is -2.54. The Bertz CT molecular complexity index is 950. The molecule has 2 aromatic rings. The summed E-state index contributed by atoms with van der Waals surface area (Å²) >= 11 is 0. The number of aryl methyl sites for hydroxylation is 1. The van der Waals surface area contributed by atoms with Crippen LogP contribution in [0.15, 0.2) is 47.5 Å². The molecule has 7 nitrogen and oxygen atoms in total. The number of aromatic nitrogens is 1. The van der Waals surface area contributed by atoms with Gasteiger partial charge in [0.1, 0.15) is 0 Å². The third-order valence-electron chi connectivity index (χ3n) is 5.70. The second-order valence-electron chi connectivity index (χ2n) is 7.58. The van der Waals surface area contributed by atoms with E-state index < -0.39 is 20.5 Å². The highest BCUT2D eigenvalue weighted by Gasteiger charge is 2.52. The van der Waals surface area contributed by atoms with Crippen LogP contribution in [-0.2, 0) is 25.8 Å². The summed E-state index contributed by atoms with van der Waals surface area (Å²) < 4.78 is 30.0. The van der Waals surface area contributed by atoms with Crippen molar-refractivity contribution in [3.63, 3.8) is 0 Å². The summed E-state index contributed by atoms with van der Waals surface area (Å²) in [7, 11) is -4.07. The van der Waals surface area contributed by atoms with E-state index in [-0.39, 0.29) is 31.0 Å². The highest BCUT2D eigenvalue weighted by atomic mass is 32.2. The van der Waals surface area contributed by atoms with Crippen LogP contribution in [0.3, 0.4) is 0 Å². The van der Waals surface area contributed by atoms with Crippen LogP contribution in [0.25, 0.3) is 11.3 Å². The Labute approximate surface area is 177 Å². The molecule has 2 N–H and O–H groups in total. The molecule has 1 fully saturated rings. The second kappa shape index (κ2) is 9.68. The number of hydrogen-bond donors (Lipinski definition) is 2. The minimum Gasteiger partial charge on any atom is -0.381 e. The summed E-state index contributed by atoms with van der Waals surface area (Å²) in [5.74, 6) is -0.937. The van der Waals surface area contributed by atoms with E-state index in [1.54, 1.807) is 6.07 Å². The van der Waals surface area contributed by atoms with Gasteiger partial charge in [0, 0.05) is 25.0 Å². The fourth-order valence-corrected chi connectivity index (χ4v) is 5.66. The quantitative estimate of drug-likeness (QED) is 0.377. The predicted octanol–water partition coefficient (Wildman–Crippen LogP) is 3.31. The summed E-state index contributed by atoms with van der Waals surface area (Å²) in [6.45, 7) is 2.43. The maximum absolute atomic E-state index is 13.3. The molecule has 0 aliphatic carbocycles. The van der Waals surface area contributed by atoms with Crippen molar-refractivity contribution in [2.45, 2.75) is 55.1 Å². The first-order chi connectivity index (χ1) is 14.4. The molecule has 3 rings (SSSR count). The topological polar surface area (TPSA) is 106 Å². The molecule has 0 bridgehead atoms. The zero-order valence-corrected chi connectivity index (χ0v) is 18.0. The minimum atomic E-state index is -4.07. The highest BCUT2D eigenvalue weighted by Crippen LogP contribution is 2.35. The van der Waals surface area contributed by atoms with E-state index in [9.17, 15) is 13.2 Å². The van der Waals surface area contributed by atoms with Gasteiger partial charge in [0.2, 0.25) is 0 Å². The van der Waals surface area contributed by atoms with Crippen LogP contribution in [-0.4, -0.2) is 42.5 Å². The van der Waals surface area contributed by atoms with Gasteiger partial charge in [0.05, 0.1) is 10.6 Å². The Morgan fingerprint density at radius 2 is 1.83 bits per heavy atom. The van der Waals surface area contributed by atoms with Crippen molar-refractivity contribution in [1.29, 1.82) is 0 Å². The van der Waals surface area contributed by atoms with Crippen LogP contribution in [0.1, 0.15) is 44.6 Å². The first-order valence-corrected chi connectivity index (χ1v) is 11.8. The fourth-order valence-electron chi connectivity index (χ4n) is 3.78. The molecular formula is C22H28N2O5S. The standard InChI is InChI=1S/C22H28N2O5S/c1-2-3-4-5-17-6-8-18(9-7-17)20-11-10-19(16-23-20)30(27,28)22(21(25)24-26)12-14-29-15-13-22/h6-11,16,26H,2-5,12-15H2,1H3,(H,24,25). The molecule has 2 heterocycles. The van der Waals surface area contributed by atoms with Crippen molar-refractivity contribution in [1.82, 2.24) is 10.5 Å². The number of carbonyl (C=O) groups excluding carboxylic acids is 1. The average Bonchev–Trinajstić information content (AvgIpc) is 2.79. The van der Waals surface area contributed by atoms with Crippen molar-refractivity contribution >= 4 is 15.7 Å². The molecule has 0 spiro atoms. The third kappa shape index (κ3) is 4.40. The van der Waals surface area contributed by atoms with Crippen LogP contribution in [0.4, 0.5) is 0 Å². The molecular weight excluding hydrogens is 404 g/mol. The highest BCUT2D eigenvalue weighted by molar-refractivity contribution is 7.93. The van der Waals surface area contributed by atoms with E-state index in [0.29, 0.717) is 5.69 Å². The molecule has 0 radical (unpaired) electrons. The van der Waals surface area contributed by atoms with E-state index in [1.165, 1.54) is 36.1 Å². The maximum atomic E-state index is 13.3. The number of nitrogens with one attached hydrogen (secondary N) is 1. The smallest absolute Gasteiger partial charge is 0.265 e. The van der Waals surface area contributed by atoms with E-state index in [1.807, 2.05) is 12.1 Å². The first-order valence-electron chi connectivity index (χ1n) is 10.3. The third-order valence-corrected chi connectivity index (χ3v) is 8.18. The largest absolute Gasteiger partial charge is 0.381 e. The Hall–Kier alpha value is -2.29. The van der Waals surface area contributed by atoms with Crippen molar-refractivity contribution < 1.29 is 23.2 Å². The zero-order chi connectivity index (χ0) is 21.6. The monoisotopic (exact) mass is 432 g/mol. The van der Waals surface area contributed by atoms with Gasteiger partial charge in [-0.3, -0.25) is 15.0 Å². The van der Waals surface area contributed by atoms with E-state index in [4.69, 9.17) is 9.94 Å². The van der Waals surface area contributed by atoms with Crippen molar-refractivity contribution in [3.05, 3.63) is 48.2 Å². The number of amides is 1. The van der Waals surface area contributed by atoms with E-state index >= 15 is 0 Å². The number of unbranched alkanes of at least 4 members (excludes halogenated alkanes) is 2. The van der Waals surface area contributed by atoms with Gasteiger partial charge in [-0.25, -0.2) is 13.9 Å². The van der Waals surface area contributed by atoms with Gasteiger partial charge < -0.3 is 4.74 Å². The Kier molecular flexibility index (Phi) is 7.23. The number of nitrogens with zero attached hydrogens (tertiary/aromatic N) is 1. The summed E-state index contributed by atoms with van der Waals surface area (Å²) in [5, 5.41) is 9.13. The second-order valence-corrected chi connectivity index (χ2v) is 9.84. The Morgan fingerprint density at radius 1 is 1.13 bits per heavy atom. The van der Waals surface area contributed by atoms with E-state index in [0.717, 1.165) is 18.4 Å². The summed E-state index contributed by atoms with van der Waals surface area (Å²) in [4.78, 5) is 16.6. The molecule has 1 aromatic heterocycles. The minimum absolute atomic E-state index is 0.0248. The average molecular weight is 433 g/mol. The molecule has 1 aliphatic rings. The normalized spacial score (nSPS) is 16.2. The molecule has 0 unspecified atom stereocenters. The van der Waals surface area contributed by atoms with Crippen LogP contribution >= 0.6 is 0 Å². The van der Waals surface area contributed by atoms with Gasteiger partial charge in [-0.1, -0.05) is 44.0 Å². The molecule has 8 heteroatoms. The molecule has 1 saturated heterocycles. The maximum Gasteiger partial charge on any atom is 0.265 e. The summed E-state index contributed by atoms with van der Waals surface area (Å²) in [6.07, 6.45) is 5.83. The van der Waals surface area contributed by atoms with E-state index in [2.05, 4.69) is 24.0 Å². The molecule has 162 valence electrons. The SMILES string of the molecule is CCCCCc1ccc(-c2ccc(S(=O)(=O)C3(C(=O)NO)CCOCC3)cn2)cc1. The lowest BCUT2D eigenvalue weighted by molar-refractivity contribution is -0.134. The summed E-state index contributed by atoms with van der Waals surface area (Å²) in [6, 6.07) is 11.2. The van der Waals surface area contributed by atoms with Gasteiger partial charge in [0.15, 0.2) is 14.6 Å². The molecule has 30 heavy (non-hydrogen) atoms. The van der Waals surface area contributed by atoms with Crippen molar-refractivity contribution in [2.75, 3.05) is 13.2 Å². The Balaban J connectivity index is 1.83. The fraction of sp³-hybridized carbons (Fsp3) is 0.455. The number of sulfone groups is 1. The molecule has 0 saturated carbocycles. The van der Waals surface area contributed by atoms with Gasteiger partial charge >= 0.3 is 0 Å². The molecule has 1 amide bonds. The van der Waals surface area contributed by atoms with Gasteiger partial charge in [-0.2, -0.15) is 0 Å². The lowest BCUT2D eigenvalue weighted by atomic mass is 9.98. The number of ether oxygens (including phenoxy) is 1. The van der Waals surface area contributed by atoms with Crippen LogP contribution in [0, 0.1) is 0 Å². The molecule has 1 aliphatic heterocycles. The lowest BCUT2D eigenvalue weighted by Gasteiger charge is -2.34. The Morgan fingerprint density at radius 3 is 2.40 bits per heavy atom. The van der Waals surface area contributed by atoms with Crippen LogP contribution < -0.4 is 5.48 Å². The summed E-state index contributed by atoms with van der Waals surface area (Å²) in [5.41, 5.74) is 4.33.